The molecule has 146 valence electrons. The Bertz CT molecular complexity index is 571. The first-order valence-electron chi connectivity index (χ1n) is 9.16. The van der Waals surface area contributed by atoms with Crippen LogP contribution in [0.3, 0.4) is 0 Å². The highest BCUT2D eigenvalue weighted by Gasteiger charge is 2.26. The van der Waals surface area contributed by atoms with Crippen LogP contribution in [0.1, 0.15) is 40.0 Å². The molecule has 0 aliphatic carbocycles. The third-order valence-electron chi connectivity index (χ3n) is 4.30. The summed E-state index contributed by atoms with van der Waals surface area (Å²) in [7, 11) is 0. The summed E-state index contributed by atoms with van der Waals surface area (Å²) in [5, 5.41) is 7.97. The first-order chi connectivity index (χ1) is 12.2. The molecule has 0 radical (unpaired) electrons. The number of amides is 4. The summed E-state index contributed by atoms with van der Waals surface area (Å²) in [6, 6.07) is -0.812. The highest BCUT2D eigenvalue weighted by atomic mass is 32.2. The van der Waals surface area contributed by atoms with Gasteiger partial charge in [0.05, 0.1) is 0 Å². The minimum atomic E-state index is -0.504. The van der Waals surface area contributed by atoms with Gasteiger partial charge in [0, 0.05) is 37.3 Å². The maximum absolute atomic E-state index is 12.3. The predicted octanol–water partition coefficient (Wildman–Crippen LogP) is 1.25. The molecule has 2 aliphatic heterocycles. The molecule has 4 amide bonds. The van der Waals surface area contributed by atoms with Crippen LogP contribution in [0.25, 0.3) is 0 Å². The van der Waals surface area contributed by atoms with Gasteiger partial charge in [0.2, 0.25) is 11.8 Å². The summed E-state index contributed by atoms with van der Waals surface area (Å²) in [5.41, 5.74) is 1.13. The maximum Gasteiger partial charge on any atom is 0.315 e. The van der Waals surface area contributed by atoms with Crippen LogP contribution < -0.4 is 16.0 Å². The summed E-state index contributed by atoms with van der Waals surface area (Å²) in [4.78, 5) is 37.2. The van der Waals surface area contributed by atoms with Crippen molar-refractivity contribution in [3.63, 3.8) is 0 Å². The number of carbonyl (C=O) groups is 3. The normalized spacial score (nSPS) is 20.3. The Hall–Kier alpha value is -1.70. The van der Waals surface area contributed by atoms with Gasteiger partial charge in [-0.25, -0.2) is 4.79 Å². The van der Waals surface area contributed by atoms with Gasteiger partial charge in [-0.1, -0.05) is 32.4 Å². The Morgan fingerprint density at radius 3 is 2.73 bits per heavy atom. The second-order valence-electron chi connectivity index (χ2n) is 7.64. The molecule has 2 rings (SSSR count). The van der Waals surface area contributed by atoms with Crippen LogP contribution in [-0.2, 0) is 9.59 Å². The zero-order valence-corrected chi connectivity index (χ0v) is 16.7. The molecule has 0 aromatic carbocycles. The van der Waals surface area contributed by atoms with E-state index in [1.54, 1.807) is 0 Å². The number of rotatable bonds is 7. The molecule has 3 N–H and O–H groups in total. The predicted molar refractivity (Wildman–Crippen MR) is 104 cm³/mol. The Morgan fingerprint density at radius 1 is 1.38 bits per heavy atom. The quantitative estimate of drug-likeness (QED) is 0.457. The van der Waals surface area contributed by atoms with E-state index < -0.39 is 6.04 Å². The van der Waals surface area contributed by atoms with Crippen LogP contribution >= 0.6 is 11.8 Å². The smallest absolute Gasteiger partial charge is 0.315 e. The third kappa shape index (κ3) is 6.90. The molecule has 0 spiro atoms. The van der Waals surface area contributed by atoms with Gasteiger partial charge in [-0.3, -0.25) is 9.59 Å². The van der Waals surface area contributed by atoms with Gasteiger partial charge in [0.1, 0.15) is 6.04 Å². The van der Waals surface area contributed by atoms with E-state index >= 15 is 0 Å². The Kier molecular flexibility index (Phi) is 7.37. The largest absolute Gasteiger partial charge is 0.351 e. The number of urea groups is 1. The van der Waals surface area contributed by atoms with Gasteiger partial charge in [-0.05, 0) is 18.6 Å². The lowest BCUT2D eigenvalue weighted by Gasteiger charge is -2.27. The van der Waals surface area contributed by atoms with Crippen molar-refractivity contribution in [2.75, 3.05) is 31.9 Å². The van der Waals surface area contributed by atoms with Crippen molar-refractivity contribution in [3.8, 4) is 0 Å². The van der Waals surface area contributed by atoms with E-state index in [0.717, 1.165) is 24.2 Å². The minimum absolute atomic E-state index is 0.181. The third-order valence-corrected chi connectivity index (χ3v) is 5.66. The fraction of sp³-hybridized carbons (Fsp3) is 0.722. The second kappa shape index (κ2) is 9.30. The maximum atomic E-state index is 12.3. The van der Waals surface area contributed by atoms with Gasteiger partial charge in [-0.15, -0.1) is 0 Å². The molecule has 1 fully saturated rings. The number of hydrogen-bond acceptors (Lipinski definition) is 4. The number of hydrogen-bond donors (Lipinski definition) is 3. The highest BCUT2D eigenvalue weighted by molar-refractivity contribution is 8.00. The number of nitrogens with zero attached hydrogens (tertiary/aromatic N) is 1. The van der Waals surface area contributed by atoms with Gasteiger partial charge in [0.15, 0.2) is 0 Å². The summed E-state index contributed by atoms with van der Waals surface area (Å²) >= 11 is 1.89. The van der Waals surface area contributed by atoms with Gasteiger partial charge in [-0.2, -0.15) is 11.8 Å². The van der Waals surface area contributed by atoms with Gasteiger partial charge in [0.25, 0.3) is 0 Å². The molecule has 8 heteroatoms. The lowest BCUT2D eigenvalue weighted by molar-refractivity contribution is -0.131. The average Bonchev–Trinajstić information content (AvgIpc) is 3.02. The van der Waals surface area contributed by atoms with Crippen molar-refractivity contribution in [2.45, 2.75) is 50.8 Å². The minimum Gasteiger partial charge on any atom is -0.351 e. The molecule has 0 aromatic heterocycles. The van der Waals surface area contributed by atoms with E-state index in [1.807, 2.05) is 22.7 Å². The molecular formula is C18H30N4O3S. The van der Waals surface area contributed by atoms with Crippen LogP contribution in [-0.4, -0.2) is 65.5 Å². The fourth-order valence-corrected chi connectivity index (χ4v) is 3.70. The second-order valence-corrected chi connectivity index (χ2v) is 9.56. The first-order valence-corrected chi connectivity index (χ1v) is 10.1. The zero-order chi connectivity index (χ0) is 19.2. The van der Waals surface area contributed by atoms with Gasteiger partial charge >= 0.3 is 6.03 Å². The highest BCUT2D eigenvalue weighted by Crippen LogP contribution is 2.24. The van der Waals surface area contributed by atoms with Crippen molar-refractivity contribution >= 4 is 29.6 Å². The SMILES string of the molecule is CC(C)(C)SCCCC(=O)N1CC=C(CNC(=O)[C@H]2CNC(=O)N2)CC1. The molecule has 0 saturated carbocycles. The Labute approximate surface area is 159 Å². The van der Waals surface area contributed by atoms with E-state index in [2.05, 4.69) is 36.7 Å². The molecule has 0 unspecified atom stereocenters. The van der Waals surface area contributed by atoms with E-state index in [9.17, 15) is 14.4 Å². The number of nitrogens with one attached hydrogen (secondary N) is 3. The monoisotopic (exact) mass is 382 g/mol. The summed E-state index contributed by atoms with van der Waals surface area (Å²) in [6.45, 7) is 8.66. The van der Waals surface area contributed by atoms with E-state index in [1.165, 1.54) is 0 Å². The van der Waals surface area contributed by atoms with Crippen LogP contribution in [0.5, 0.6) is 0 Å². The number of thioether (sulfide) groups is 1. The topological polar surface area (TPSA) is 90.5 Å². The number of carbonyl (C=O) groups excluding carboxylic acids is 3. The van der Waals surface area contributed by atoms with Crippen LogP contribution in [0.15, 0.2) is 11.6 Å². The lowest BCUT2D eigenvalue weighted by Crippen LogP contribution is -2.44. The summed E-state index contributed by atoms with van der Waals surface area (Å²) in [5.74, 6) is 1.03. The molecule has 1 saturated heterocycles. The van der Waals surface area contributed by atoms with E-state index in [4.69, 9.17) is 0 Å². The van der Waals surface area contributed by atoms with E-state index in [-0.39, 0.29) is 22.6 Å². The standard InChI is InChI=1S/C18H30N4O3S/c1-18(2,3)26-10-4-5-15(23)22-8-6-13(7-9-22)11-19-16(24)14-12-20-17(25)21-14/h6,14H,4-5,7-12H2,1-3H3,(H,19,24)(H2,20,21,25)/t14-/m1/s1. The van der Waals surface area contributed by atoms with Crippen molar-refractivity contribution in [1.29, 1.82) is 0 Å². The van der Waals surface area contributed by atoms with Crippen LogP contribution in [0.4, 0.5) is 4.79 Å². The Balaban J connectivity index is 1.65. The summed E-state index contributed by atoms with van der Waals surface area (Å²) in [6.07, 6.45) is 4.30. The zero-order valence-electron chi connectivity index (χ0n) is 15.9. The molecular weight excluding hydrogens is 352 g/mol. The van der Waals surface area contributed by atoms with Crippen molar-refractivity contribution in [1.82, 2.24) is 20.9 Å². The van der Waals surface area contributed by atoms with Crippen molar-refractivity contribution in [2.24, 2.45) is 0 Å². The molecule has 26 heavy (non-hydrogen) atoms. The van der Waals surface area contributed by atoms with E-state index in [0.29, 0.717) is 32.6 Å². The average molecular weight is 383 g/mol. The lowest BCUT2D eigenvalue weighted by atomic mass is 10.1. The fourth-order valence-electron chi connectivity index (χ4n) is 2.80. The molecule has 2 heterocycles. The molecule has 0 aromatic rings. The van der Waals surface area contributed by atoms with Crippen molar-refractivity contribution in [3.05, 3.63) is 11.6 Å². The summed E-state index contributed by atoms with van der Waals surface area (Å²) < 4.78 is 0.244. The first kappa shape index (κ1) is 20.6. The van der Waals surface area contributed by atoms with Crippen LogP contribution in [0.2, 0.25) is 0 Å². The van der Waals surface area contributed by atoms with Crippen molar-refractivity contribution < 1.29 is 14.4 Å². The van der Waals surface area contributed by atoms with Gasteiger partial charge < -0.3 is 20.9 Å². The van der Waals surface area contributed by atoms with Crippen LogP contribution in [0, 0.1) is 0 Å². The molecule has 2 aliphatic rings. The molecule has 0 bridgehead atoms. The molecule has 7 nitrogen and oxygen atoms in total. The Morgan fingerprint density at radius 2 is 2.15 bits per heavy atom. The molecule has 1 atom stereocenters.